The minimum absolute atomic E-state index is 0.218. The standard InChI is InChI=1S/C8H13N3O3/c1-3-13-8(12)5-11(2)4-7-9-6-10-14-7/h6H,3-5H2,1-2H3. The van der Waals surface area contributed by atoms with Gasteiger partial charge in [0.2, 0.25) is 5.89 Å². The Morgan fingerprint density at radius 2 is 2.50 bits per heavy atom. The van der Waals surface area contributed by atoms with Gasteiger partial charge in [0.15, 0.2) is 6.33 Å². The summed E-state index contributed by atoms with van der Waals surface area (Å²) < 4.78 is 9.58. The molecule has 78 valence electrons. The van der Waals surface area contributed by atoms with Crippen LogP contribution in [-0.2, 0) is 16.1 Å². The van der Waals surface area contributed by atoms with Crippen molar-refractivity contribution in [3.8, 4) is 0 Å². The summed E-state index contributed by atoms with van der Waals surface area (Å²) in [5, 5.41) is 3.46. The highest BCUT2D eigenvalue weighted by Gasteiger charge is 2.09. The van der Waals surface area contributed by atoms with Crippen molar-refractivity contribution in [3.05, 3.63) is 12.2 Å². The molecule has 0 aliphatic rings. The highest BCUT2D eigenvalue weighted by atomic mass is 16.5. The molecular weight excluding hydrogens is 186 g/mol. The topological polar surface area (TPSA) is 68.5 Å². The van der Waals surface area contributed by atoms with Gasteiger partial charge in [-0.1, -0.05) is 5.16 Å². The van der Waals surface area contributed by atoms with Gasteiger partial charge in [-0.05, 0) is 14.0 Å². The van der Waals surface area contributed by atoms with Gasteiger partial charge >= 0.3 is 5.97 Å². The first-order chi connectivity index (χ1) is 6.72. The first kappa shape index (κ1) is 10.6. The van der Waals surface area contributed by atoms with Crippen LogP contribution in [0.4, 0.5) is 0 Å². The van der Waals surface area contributed by atoms with Crippen LogP contribution in [0.1, 0.15) is 12.8 Å². The lowest BCUT2D eigenvalue weighted by molar-refractivity contribution is -0.144. The maximum absolute atomic E-state index is 11.1. The number of ether oxygens (including phenoxy) is 1. The Bertz CT molecular complexity index is 273. The number of hydrogen-bond acceptors (Lipinski definition) is 6. The molecule has 6 nitrogen and oxygen atoms in total. The number of likely N-dealkylation sites (N-methyl/N-ethyl adjacent to an activating group) is 1. The number of nitrogens with zero attached hydrogens (tertiary/aromatic N) is 3. The zero-order valence-electron chi connectivity index (χ0n) is 8.27. The van der Waals surface area contributed by atoms with Crippen LogP contribution < -0.4 is 0 Å². The molecule has 0 N–H and O–H groups in total. The van der Waals surface area contributed by atoms with Crippen molar-refractivity contribution in [2.24, 2.45) is 0 Å². The highest BCUT2D eigenvalue weighted by molar-refractivity contribution is 5.71. The Balaban J connectivity index is 2.29. The van der Waals surface area contributed by atoms with E-state index in [1.165, 1.54) is 6.33 Å². The third kappa shape index (κ3) is 3.53. The van der Waals surface area contributed by atoms with Crippen molar-refractivity contribution >= 4 is 5.97 Å². The van der Waals surface area contributed by atoms with E-state index in [-0.39, 0.29) is 12.5 Å². The van der Waals surface area contributed by atoms with E-state index in [9.17, 15) is 4.79 Å². The molecule has 0 unspecified atom stereocenters. The lowest BCUT2D eigenvalue weighted by Crippen LogP contribution is -2.27. The molecule has 0 saturated heterocycles. The summed E-state index contributed by atoms with van der Waals surface area (Å²) in [5.41, 5.74) is 0. The number of esters is 1. The number of hydrogen-bond donors (Lipinski definition) is 0. The van der Waals surface area contributed by atoms with Gasteiger partial charge in [0.05, 0.1) is 19.7 Å². The summed E-state index contributed by atoms with van der Waals surface area (Å²) in [6.45, 7) is 2.83. The van der Waals surface area contributed by atoms with E-state index < -0.39 is 0 Å². The molecular formula is C8H13N3O3. The zero-order chi connectivity index (χ0) is 10.4. The SMILES string of the molecule is CCOC(=O)CN(C)Cc1ncno1. The van der Waals surface area contributed by atoms with Gasteiger partial charge < -0.3 is 9.26 Å². The number of aromatic nitrogens is 2. The molecule has 0 radical (unpaired) electrons. The maximum atomic E-state index is 11.1. The summed E-state index contributed by atoms with van der Waals surface area (Å²) >= 11 is 0. The molecule has 1 aromatic rings. The zero-order valence-corrected chi connectivity index (χ0v) is 8.27. The van der Waals surface area contributed by atoms with E-state index in [4.69, 9.17) is 9.26 Å². The number of carbonyl (C=O) groups excluding carboxylic acids is 1. The third-order valence-electron chi connectivity index (χ3n) is 1.52. The summed E-state index contributed by atoms with van der Waals surface area (Å²) in [4.78, 5) is 16.6. The molecule has 0 bridgehead atoms. The molecule has 0 spiro atoms. The molecule has 0 aliphatic heterocycles. The van der Waals surface area contributed by atoms with Crippen LogP contribution in [0.2, 0.25) is 0 Å². The van der Waals surface area contributed by atoms with Crippen LogP contribution in [0.5, 0.6) is 0 Å². The first-order valence-electron chi connectivity index (χ1n) is 4.32. The quantitative estimate of drug-likeness (QED) is 0.625. The van der Waals surface area contributed by atoms with Gasteiger partial charge in [0.1, 0.15) is 0 Å². The fraction of sp³-hybridized carbons (Fsp3) is 0.625. The van der Waals surface area contributed by atoms with E-state index in [1.807, 2.05) is 0 Å². The Morgan fingerprint density at radius 3 is 3.07 bits per heavy atom. The van der Waals surface area contributed by atoms with Gasteiger partial charge in [-0.2, -0.15) is 4.98 Å². The van der Waals surface area contributed by atoms with Crippen LogP contribution in [0.25, 0.3) is 0 Å². The van der Waals surface area contributed by atoms with Crippen LogP contribution in [-0.4, -0.2) is 41.2 Å². The summed E-state index contributed by atoms with van der Waals surface area (Å²) in [5.74, 6) is 0.228. The second-order valence-corrected chi connectivity index (χ2v) is 2.81. The van der Waals surface area contributed by atoms with Crippen molar-refractivity contribution in [2.45, 2.75) is 13.5 Å². The van der Waals surface area contributed by atoms with Gasteiger partial charge in [-0.3, -0.25) is 9.69 Å². The van der Waals surface area contributed by atoms with Crippen molar-refractivity contribution in [1.82, 2.24) is 15.0 Å². The minimum atomic E-state index is -0.255. The van der Waals surface area contributed by atoms with Gasteiger partial charge in [-0.25, -0.2) is 0 Å². The molecule has 6 heteroatoms. The van der Waals surface area contributed by atoms with Crippen LogP contribution >= 0.6 is 0 Å². The first-order valence-corrected chi connectivity index (χ1v) is 4.32. The predicted molar refractivity (Wildman–Crippen MR) is 47.3 cm³/mol. The average Bonchev–Trinajstić information content (AvgIpc) is 2.56. The molecule has 0 fully saturated rings. The lowest BCUT2D eigenvalue weighted by Gasteiger charge is -2.12. The molecule has 0 amide bonds. The van der Waals surface area contributed by atoms with E-state index in [0.29, 0.717) is 19.0 Å². The van der Waals surface area contributed by atoms with E-state index >= 15 is 0 Å². The molecule has 0 aromatic carbocycles. The largest absolute Gasteiger partial charge is 0.465 e. The molecule has 0 aliphatic carbocycles. The van der Waals surface area contributed by atoms with E-state index in [1.54, 1.807) is 18.9 Å². The van der Waals surface area contributed by atoms with Crippen molar-refractivity contribution in [1.29, 1.82) is 0 Å². The lowest BCUT2D eigenvalue weighted by atomic mass is 10.5. The summed E-state index contributed by atoms with van der Waals surface area (Å²) in [6.07, 6.45) is 1.33. The van der Waals surface area contributed by atoms with Crippen molar-refractivity contribution in [2.75, 3.05) is 20.2 Å². The van der Waals surface area contributed by atoms with Gasteiger partial charge in [0, 0.05) is 0 Å². The highest BCUT2D eigenvalue weighted by Crippen LogP contribution is 1.97. The third-order valence-corrected chi connectivity index (χ3v) is 1.52. The second kappa shape index (κ2) is 5.33. The smallest absolute Gasteiger partial charge is 0.320 e. The second-order valence-electron chi connectivity index (χ2n) is 2.81. The Labute approximate surface area is 81.8 Å². The molecule has 14 heavy (non-hydrogen) atoms. The fourth-order valence-electron chi connectivity index (χ4n) is 0.979. The average molecular weight is 199 g/mol. The summed E-state index contributed by atoms with van der Waals surface area (Å²) in [6, 6.07) is 0. The van der Waals surface area contributed by atoms with Gasteiger partial charge in [0.25, 0.3) is 0 Å². The van der Waals surface area contributed by atoms with Gasteiger partial charge in [-0.15, -0.1) is 0 Å². The Hall–Kier alpha value is -1.43. The Kier molecular flexibility index (Phi) is 4.06. The molecule has 1 rings (SSSR count). The fourth-order valence-corrected chi connectivity index (χ4v) is 0.979. The number of carbonyl (C=O) groups is 1. The van der Waals surface area contributed by atoms with Crippen LogP contribution in [0, 0.1) is 0 Å². The maximum Gasteiger partial charge on any atom is 0.320 e. The monoisotopic (exact) mass is 199 g/mol. The van der Waals surface area contributed by atoms with Crippen LogP contribution in [0.15, 0.2) is 10.9 Å². The van der Waals surface area contributed by atoms with E-state index in [0.717, 1.165) is 0 Å². The Morgan fingerprint density at radius 1 is 1.71 bits per heavy atom. The molecule has 0 atom stereocenters. The number of rotatable bonds is 5. The molecule has 1 heterocycles. The molecule has 1 aromatic heterocycles. The van der Waals surface area contributed by atoms with Crippen molar-refractivity contribution < 1.29 is 14.1 Å². The van der Waals surface area contributed by atoms with Crippen molar-refractivity contribution in [3.63, 3.8) is 0 Å². The minimum Gasteiger partial charge on any atom is -0.465 e. The van der Waals surface area contributed by atoms with Crippen LogP contribution in [0.3, 0.4) is 0 Å². The normalized spacial score (nSPS) is 10.5. The predicted octanol–water partition coefficient (Wildman–Crippen LogP) is 0.0645. The molecule has 0 saturated carbocycles. The van der Waals surface area contributed by atoms with E-state index in [2.05, 4.69) is 10.1 Å². The summed E-state index contributed by atoms with van der Waals surface area (Å²) in [7, 11) is 1.78.